The predicted octanol–water partition coefficient (Wildman–Crippen LogP) is 0.569. The van der Waals surface area contributed by atoms with Crippen molar-refractivity contribution in [1.82, 2.24) is 14.5 Å². The molecule has 2 aliphatic rings. The van der Waals surface area contributed by atoms with Crippen LogP contribution in [0, 0.1) is 0 Å². The van der Waals surface area contributed by atoms with Crippen LogP contribution in [0.25, 0.3) is 11.0 Å². The highest BCUT2D eigenvalue weighted by atomic mass is 32.2. The van der Waals surface area contributed by atoms with E-state index in [1.54, 1.807) is 22.9 Å². The first-order chi connectivity index (χ1) is 13.8. The predicted molar refractivity (Wildman–Crippen MR) is 106 cm³/mol. The molecule has 0 aromatic carbocycles. The number of carboxylic acids is 1. The number of thioether (sulfide) groups is 1. The summed E-state index contributed by atoms with van der Waals surface area (Å²) in [5.74, 6) is -1.99. The maximum absolute atomic E-state index is 13.2. The smallest absolute Gasteiger partial charge is 0.352 e. The van der Waals surface area contributed by atoms with Crippen LogP contribution in [0.3, 0.4) is 0 Å². The molecule has 10 heteroatoms. The molecule has 2 aliphatic heterocycles. The first kappa shape index (κ1) is 19.3. The van der Waals surface area contributed by atoms with E-state index in [0.717, 1.165) is 0 Å². The summed E-state index contributed by atoms with van der Waals surface area (Å²) in [4.78, 5) is 54.4. The summed E-state index contributed by atoms with van der Waals surface area (Å²) in [5.41, 5.74) is 6.26. The number of aryl methyl sites for hydroxylation is 1. The number of Topliss-reactive ketones (excluding diaryl/α,β-unsaturated/α-hetero) is 1. The normalized spacial score (nSPS) is 21.9. The van der Waals surface area contributed by atoms with Crippen LogP contribution in [0.4, 0.5) is 0 Å². The van der Waals surface area contributed by atoms with E-state index in [9.17, 15) is 24.3 Å². The van der Waals surface area contributed by atoms with Crippen LogP contribution in [0.15, 0.2) is 41.0 Å². The summed E-state index contributed by atoms with van der Waals surface area (Å²) in [6, 6.07) is 3.47. The van der Waals surface area contributed by atoms with Crippen LogP contribution < -0.4 is 11.2 Å². The summed E-state index contributed by atoms with van der Waals surface area (Å²) >= 11 is 1.28. The van der Waals surface area contributed by atoms with Crippen molar-refractivity contribution in [3.63, 3.8) is 0 Å². The van der Waals surface area contributed by atoms with Crippen molar-refractivity contribution in [2.24, 2.45) is 5.73 Å². The standard InChI is InChI=1S/C19H18N4O5S/c1-2-22-10(6-12(24)9-4-3-5-21-18(9)22)17(26)16(20)13-7-11(19(27)28)23-14(25)8-15(23)29-13/h3-7,13,15-16H,2,8,20H2,1H3,(H,27,28)/t13?,15-,16?/m1/s1. The van der Waals surface area contributed by atoms with Crippen molar-refractivity contribution in [2.75, 3.05) is 0 Å². The zero-order chi connectivity index (χ0) is 20.9. The van der Waals surface area contributed by atoms with Crippen LogP contribution in [-0.4, -0.2) is 53.9 Å². The van der Waals surface area contributed by atoms with Crippen molar-refractivity contribution >= 4 is 40.5 Å². The fraction of sp³-hybridized carbons (Fsp3) is 0.316. The van der Waals surface area contributed by atoms with Crippen molar-refractivity contribution in [2.45, 2.75) is 36.6 Å². The molecule has 0 saturated carbocycles. The molecule has 150 valence electrons. The van der Waals surface area contributed by atoms with Crippen LogP contribution in [0.2, 0.25) is 0 Å². The van der Waals surface area contributed by atoms with E-state index < -0.39 is 23.0 Å². The third kappa shape index (κ3) is 3.04. The van der Waals surface area contributed by atoms with E-state index >= 15 is 0 Å². The van der Waals surface area contributed by atoms with Gasteiger partial charge in [-0.2, -0.15) is 0 Å². The van der Waals surface area contributed by atoms with Crippen molar-refractivity contribution in [3.05, 3.63) is 52.1 Å². The minimum Gasteiger partial charge on any atom is -0.477 e. The number of nitrogens with zero attached hydrogens (tertiary/aromatic N) is 3. The minimum atomic E-state index is -1.24. The lowest BCUT2D eigenvalue weighted by atomic mass is 10.0. The number of hydrogen-bond acceptors (Lipinski definition) is 7. The fourth-order valence-corrected chi connectivity index (χ4v) is 5.10. The van der Waals surface area contributed by atoms with E-state index in [0.29, 0.717) is 17.6 Å². The minimum absolute atomic E-state index is 0.134. The Hall–Kier alpha value is -2.98. The molecule has 2 aromatic heterocycles. The van der Waals surface area contributed by atoms with E-state index in [2.05, 4.69) is 4.98 Å². The number of rotatable bonds is 5. The van der Waals surface area contributed by atoms with Crippen LogP contribution in [0.5, 0.6) is 0 Å². The first-order valence-electron chi connectivity index (χ1n) is 9.04. The largest absolute Gasteiger partial charge is 0.477 e. The van der Waals surface area contributed by atoms with Gasteiger partial charge in [0.15, 0.2) is 11.2 Å². The van der Waals surface area contributed by atoms with Gasteiger partial charge < -0.3 is 15.4 Å². The van der Waals surface area contributed by atoms with Gasteiger partial charge >= 0.3 is 5.97 Å². The molecule has 9 nitrogen and oxygen atoms in total. The Labute approximate surface area is 169 Å². The summed E-state index contributed by atoms with van der Waals surface area (Å²) in [5, 5.41) is 8.84. The zero-order valence-electron chi connectivity index (χ0n) is 15.4. The maximum atomic E-state index is 13.2. The third-order valence-electron chi connectivity index (χ3n) is 5.11. The summed E-state index contributed by atoms with van der Waals surface area (Å²) in [6.45, 7) is 2.23. The van der Waals surface area contributed by atoms with Gasteiger partial charge in [0.1, 0.15) is 11.3 Å². The molecular formula is C19H18N4O5S. The molecule has 0 aliphatic carbocycles. The Morgan fingerprint density at radius 3 is 2.83 bits per heavy atom. The monoisotopic (exact) mass is 414 g/mol. The number of aromatic nitrogens is 2. The number of nitrogens with two attached hydrogens (primary N) is 1. The highest BCUT2D eigenvalue weighted by Crippen LogP contribution is 2.41. The third-order valence-corrected chi connectivity index (χ3v) is 6.55. The molecule has 4 rings (SSSR count). The quantitative estimate of drug-likeness (QED) is 0.535. The number of hydrogen-bond donors (Lipinski definition) is 2. The summed E-state index contributed by atoms with van der Waals surface area (Å²) < 4.78 is 1.63. The maximum Gasteiger partial charge on any atom is 0.352 e. The Morgan fingerprint density at radius 2 is 2.17 bits per heavy atom. The molecule has 0 spiro atoms. The van der Waals surface area contributed by atoms with Gasteiger partial charge in [0, 0.05) is 24.1 Å². The number of amides is 1. The molecule has 3 N–H and O–H groups in total. The number of carbonyl (C=O) groups excluding carboxylic acids is 2. The van der Waals surface area contributed by atoms with Crippen molar-refractivity contribution in [3.8, 4) is 0 Å². The number of aliphatic carboxylic acids is 1. The van der Waals surface area contributed by atoms with E-state index in [1.807, 2.05) is 6.92 Å². The lowest BCUT2D eigenvalue weighted by Crippen LogP contribution is -2.56. The van der Waals surface area contributed by atoms with Gasteiger partial charge in [-0.15, -0.1) is 11.8 Å². The van der Waals surface area contributed by atoms with Gasteiger partial charge in [-0.3, -0.25) is 19.3 Å². The van der Waals surface area contributed by atoms with Crippen LogP contribution in [0.1, 0.15) is 23.8 Å². The highest BCUT2D eigenvalue weighted by molar-refractivity contribution is 8.00. The molecule has 2 unspecified atom stereocenters. The molecule has 0 bridgehead atoms. The first-order valence-corrected chi connectivity index (χ1v) is 9.98. The Morgan fingerprint density at radius 1 is 1.41 bits per heavy atom. The van der Waals surface area contributed by atoms with Gasteiger partial charge in [0.25, 0.3) is 0 Å². The summed E-state index contributed by atoms with van der Waals surface area (Å²) in [6.07, 6.45) is 3.09. The van der Waals surface area contributed by atoms with Crippen molar-refractivity contribution < 1.29 is 19.5 Å². The SMILES string of the molecule is CCn1c(C(=O)C(N)C2C=C(C(=O)O)N3C(=O)C[C@H]3S2)cc(=O)c2cccnc21. The molecule has 3 atom stereocenters. The lowest BCUT2D eigenvalue weighted by Gasteiger charge is -2.45. The number of β-lactam (4-membered cyclic amide) rings is 1. The number of carbonyl (C=O) groups is 3. The summed E-state index contributed by atoms with van der Waals surface area (Å²) in [7, 11) is 0. The second kappa shape index (κ2) is 7.12. The molecule has 4 heterocycles. The lowest BCUT2D eigenvalue weighted by molar-refractivity contribution is -0.146. The topological polar surface area (TPSA) is 136 Å². The zero-order valence-corrected chi connectivity index (χ0v) is 16.3. The average molecular weight is 414 g/mol. The fourth-order valence-electron chi connectivity index (χ4n) is 3.65. The highest BCUT2D eigenvalue weighted by Gasteiger charge is 2.47. The molecule has 1 amide bonds. The van der Waals surface area contributed by atoms with Gasteiger partial charge in [0.2, 0.25) is 5.91 Å². The van der Waals surface area contributed by atoms with E-state index in [1.165, 1.54) is 28.8 Å². The molecule has 1 fully saturated rings. The van der Waals surface area contributed by atoms with Crippen LogP contribution >= 0.6 is 11.8 Å². The number of pyridine rings is 2. The van der Waals surface area contributed by atoms with Gasteiger partial charge in [-0.1, -0.05) is 0 Å². The number of ketones is 1. The second-order valence-corrected chi connectivity index (χ2v) is 8.14. The second-order valence-electron chi connectivity index (χ2n) is 6.78. The molecule has 0 radical (unpaired) electrons. The Balaban J connectivity index is 1.74. The van der Waals surface area contributed by atoms with E-state index in [4.69, 9.17) is 5.73 Å². The Bertz CT molecular complexity index is 1140. The molecule has 29 heavy (non-hydrogen) atoms. The van der Waals surface area contributed by atoms with Gasteiger partial charge in [-0.25, -0.2) is 9.78 Å². The van der Waals surface area contributed by atoms with Crippen molar-refractivity contribution in [1.29, 1.82) is 0 Å². The molecular weight excluding hydrogens is 396 g/mol. The number of fused-ring (bicyclic) bond motifs is 2. The van der Waals surface area contributed by atoms with Gasteiger partial charge in [0.05, 0.1) is 28.9 Å². The molecule has 2 aromatic rings. The molecule has 1 saturated heterocycles. The van der Waals surface area contributed by atoms with Gasteiger partial charge in [-0.05, 0) is 25.1 Å². The van der Waals surface area contributed by atoms with E-state index in [-0.39, 0.29) is 34.5 Å². The average Bonchev–Trinajstić information content (AvgIpc) is 2.71. The Kier molecular flexibility index (Phi) is 4.75. The number of carboxylic acid groups (broad SMARTS) is 1. The van der Waals surface area contributed by atoms with Crippen LogP contribution in [-0.2, 0) is 16.1 Å².